The highest BCUT2D eigenvalue weighted by Crippen LogP contribution is 2.32. The smallest absolute Gasteiger partial charge is 0.132 e. The zero-order valence-corrected chi connectivity index (χ0v) is 11.3. The summed E-state index contributed by atoms with van der Waals surface area (Å²) in [4.78, 5) is 7.20. The quantitative estimate of drug-likeness (QED) is 0.884. The van der Waals surface area contributed by atoms with Crippen LogP contribution in [0.3, 0.4) is 0 Å². The van der Waals surface area contributed by atoms with Gasteiger partial charge in [-0.15, -0.1) is 0 Å². The maximum atomic E-state index is 4.67. The van der Waals surface area contributed by atoms with Gasteiger partial charge in [0, 0.05) is 31.9 Å². The van der Waals surface area contributed by atoms with E-state index < -0.39 is 0 Å². The van der Waals surface area contributed by atoms with Gasteiger partial charge in [0.1, 0.15) is 5.82 Å². The lowest BCUT2D eigenvalue weighted by atomic mass is 9.92. The molecule has 18 heavy (non-hydrogen) atoms. The van der Waals surface area contributed by atoms with Gasteiger partial charge in [-0.25, -0.2) is 4.98 Å². The molecule has 3 heteroatoms. The van der Waals surface area contributed by atoms with E-state index in [0.29, 0.717) is 6.04 Å². The number of aromatic nitrogens is 1. The molecule has 1 saturated heterocycles. The van der Waals surface area contributed by atoms with Crippen molar-refractivity contribution in [1.29, 1.82) is 0 Å². The standard InChI is InChI=1S/C15H23N3/c1-2-3-4-12-7-8-17-15-14(12)6-5-13-11-16-9-10-18(13)15/h7-8,13,16H,2-6,9-11H2,1H3. The third kappa shape index (κ3) is 2.12. The number of anilines is 1. The van der Waals surface area contributed by atoms with Crippen LogP contribution in [0.2, 0.25) is 0 Å². The number of hydrogen-bond acceptors (Lipinski definition) is 3. The van der Waals surface area contributed by atoms with E-state index in [1.165, 1.54) is 43.5 Å². The third-order valence-corrected chi connectivity index (χ3v) is 4.28. The highest BCUT2D eigenvalue weighted by molar-refractivity contribution is 5.54. The maximum absolute atomic E-state index is 4.67. The van der Waals surface area contributed by atoms with E-state index in [2.05, 4.69) is 28.2 Å². The van der Waals surface area contributed by atoms with E-state index in [1.807, 2.05) is 6.20 Å². The fourth-order valence-electron chi connectivity index (χ4n) is 3.25. The van der Waals surface area contributed by atoms with E-state index in [0.717, 1.165) is 19.6 Å². The van der Waals surface area contributed by atoms with Crippen molar-refractivity contribution in [2.75, 3.05) is 24.5 Å². The molecule has 1 atom stereocenters. The summed E-state index contributed by atoms with van der Waals surface area (Å²) in [7, 11) is 0. The highest BCUT2D eigenvalue weighted by Gasteiger charge is 2.30. The number of pyridine rings is 1. The second kappa shape index (κ2) is 5.27. The average molecular weight is 245 g/mol. The molecule has 1 unspecified atom stereocenters. The van der Waals surface area contributed by atoms with Gasteiger partial charge in [-0.3, -0.25) is 0 Å². The van der Waals surface area contributed by atoms with Crippen molar-refractivity contribution in [1.82, 2.24) is 10.3 Å². The van der Waals surface area contributed by atoms with Gasteiger partial charge in [0.15, 0.2) is 0 Å². The molecule has 0 spiro atoms. The van der Waals surface area contributed by atoms with Crippen molar-refractivity contribution >= 4 is 5.82 Å². The summed E-state index contributed by atoms with van der Waals surface area (Å²) >= 11 is 0. The number of piperazine rings is 1. The summed E-state index contributed by atoms with van der Waals surface area (Å²) in [6, 6.07) is 2.90. The predicted octanol–water partition coefficient (Wildman–Crippen LogP) is 2.15. The Labute approximate surface area is 110 Å². The number of fused-ring (bicyclic) bond motifs is 3. The molecule has 0 radical (unpaired) electrons. The largest absolute Gasteiger partial charge is 0.351 e. The molecule has 0 aromatic carbocycles. The van der Waals surface area contributed by atoms with Crippen LogP contribution < -0.4 is 10.2 Å². The van der Waals surface area contributed by atoms with Crippen molar-refractivity contribution in [3.05, 3.63) is 23.4 Å². The van der Waals surface area contributed by atoms with Crippen molar-refractivity contribution in [3.63, 3.8) is 0 Å². The van der Waals surface area contributed by atoms with E-state index in [-0.39, 0.29) is 0 Å². The van der Waals surface area contributed by atoms with Crippen molar-refractivity contribution in [3.8, 4) is 0 Å². The lowest BCUT2D eigenvalue weighted by molar-refractivity contribution is 0.434. The van der Waals surface area contributed by atoms with Crippen LogP contribution in [0.15, 0.2) is 12.3 Å². The number of aryl methyl sites for hydroxylation is 1. The number of rotatable bonds is 3. The summed E-state index contributed by atoms with van der Waals surface area (Å²) in [6.07, 6.45) is 8.29. The molecule has 3 nitrogen and oxygen atoms in total. The Bertz CT molecular complexity index is 416. The van der Waals surface area contributed by atoms with Gasteiger partial charge in [-0.1, -0.05) is 13.3 Å². The van der Waals surface area contributed by atoms with E-state index in [1.54, 1.807) is 5.56 Å². The molecule has 1 aromatic rings. The van der Waals surface area contributed by atoms with E-state index in [4.69, 9.17) is 0 Å². The average Bonchev–Trinajstić information content (AvgIpc) is 2.44. The lowest BCUT2D eigenvalue weighted by Gasteiger charge is -2.42. The van der Waals surface area contributed by atoms with Gasteiger partial charge in [-0.2, -0.15) is 0 Å². The Balaban J connectivity index is 1.89. The topological polar surface area (TPSA) is 28.2 Å². The zero-order valence-electron chi connectivity index (χ0n) is 11.3. The minimum Gasteiger partial charge on any atom is -0.351 e. The Hall–Kier alpha value is -1.09. The van der Waals surface area contributed by atoms with E-state index in [9.17, 15) is 0 Å². The summed E-state index contributed by atoms with van der Waals surface area (Å²) in [5.74, 6) is 1.28. The number of hydrogen-bond donors (Lipinski definition) is 1. The van der Waals surface area contributed by atoms with Crippen LogP contribution in [-0.4, -0.2) is 30.7 Å². The summed E-state index contributed by atoms with van der Waals surface area (Å²) in [5, 5.41) is 3.49. The van der Waals surface area contributed by atoms with Crippen molar-refractivity contribution in [2.45, 2.75) is 45.1 Å². The first-order valence-electron chi connectivity index (χ1n) is 7.34. The van der Waals surface area contributed by atoms with Crippen LogP contribution in [0.4, 0.5) is 5.82 Å². The van der Waals surface area contributed by atoms with Gasteiger partial charge < -0.3 is 10.2 Å². The first-order valence-corrected chi connectivity index (χ1v) is 7.34. The molecule has 0 amide bonds. The molecular formula is C15H23N3. The van der Waals surface area contributed by atoms with Crippen LogP contribution >= 0.6 is 0 Å². The predicted molar refractivity (Wildman–Crippen MR) is 75.2 cm³/mol. The van der Waals surface area contributed by atoms with Crippen LogP contribution in [0.1, 0.15) is 37.3 Å². The lowest BCUT2D eigenvalue weighted by Crippen LogP contribution is -2.53. The van der Waals surface area contributed by atoms with Crippen molar-refractivity contribution < 1.29 is 0 Å². The molecule has 3 rings (SSSR count). The first kappa shape index (κ1) is 12.0. The summed E-state index contributed by atoms with van der Waals surface area (Å²) < 4.78 is 0. The molecule has 2 aliphatic heterocycles. The molecule has 98 valence electrons. The van der Waals surface area contributed by atoms with Gasteiger partial charge in [0.2, 0.25) is 0 Å². The fourth-order valence-corrected chi connectivity index (χ4v) is 3.25. The molecule has 0 bridgehead atoms. The molecule has 0 aliphatic carbocycles. The van der Waals surface area contributed by atoms with Crippen LogP contribution in [0.5, 0.6) is 0 Å². The SMILES string of the molecule is CCCCc1ccnc2c1CCC1CNCCN21. The monoisotopic (exact) mass is 245 g/mol. The molecule has 2 aliphatic rings. The Morgan fingerprint density at radius 3 is 3.33 bits per heavy atom. The normalized spacial score (nSPS) is 22.5. The van der Waals surface area contributed by atoms with Gasteiger partial charge in [0.05, 0.1) is 0 Å². The fraction of sp³-hybridized carbons (Fsp3) is 0.667. The van der Waals surface area contributed by atoms with Crippen LogP contribution in [0.25, 0.3) is 0 Å². The summed E-state index contributed by atoms with van der Waals surface area (Å²) in [5.41, 5.74) is 3.07. The van der Waals surface area contributed by atoms with E-state index >= 15 is 0 Å². The molecular weight excluding hydrogens is 222 g/mol. The Morgan fingerprint density at radius 1 is 1.50 bits per heavy atom. The maximum Gasteiger partial charge on any atom is 0.132 e. The number of nitrogens with zero attached hydrogens (tertiary/aromatic N) is 2. The second-order valence-electron chi connectivity index (χ2n) is 5.47. The van der Waals surface area contributed by atoms with Gasteiger partial charge in [-0.05, 0) is 42.9 Å². The Morgan fingerprint density at radius 2 is 2.44 bits per heavy atom. The highest BCUT2D eigenvalue weighted by atomic mass is 15.3. The van der Waals surface area contributed by atoms with Crippen molar-refractivity contribution in [2.24, 2.45) is 0 Å². The first-order chi connectivity index (χ1) is 8.90. The molecule has 1 fully saturated rings. The van der Waals surface area contributed by atoms with Crippen LogP contribution in [-0.2, 0) is 12.8 Å². The number of nitrogens with one attached hydrogen (secondary N) is 1. The minimum absolute atomic E-state index is 0.667. The van der Waals surface area contributed by atoms with Gasteiger partial charge >= 0.3 is 0 Å². The third-order valence-electron chi connectivity index (χ3n) is 4.28. The molecule has 1 aromatic heterocycles. The molecule has 1 N–H and O–H groups in total. The number of unbranched alkanes of at least 4 members (excludes halogenated alkanes) is 1. The molecule has 3 heterocycles. The zero-order chi connectivity index (χ0) is 12.4. The van der Waals surface area contributed by atoms with Crippen LogP contribution in [0, 0.1) is 0 Å². The minimum atomic E-state index is 0.667. The molecule has 0 saturated carbocycles. The Kier molecular flexibility index (Phi) is 3.50. The van der Waals surface area contributed by atoms with Gasteiger partial charge in [0.25, 0.3) is 0 Å². The summed E-state index contributed by atoms with van der Waals surface area (Å²) in [6.45, 7) is 5.60. The second-order valence-corrected chi connectivity index (χ2v) is 5.47.